The van der Waals surface area contributed by atoms with E-state index in [2.05, 4.69) is 4.98 Å². The normalized spacial score (nSPS) is 10.6. The van der Waals surface area contributed by atoms with E-state index in [1.807, 2.05) is 0 Å². The van der Waals surface area contributed by atoms with Gasteiger partial charge in [0.05, 0.1) is 4.92 Å². The quantitative estimate of drug-likeness (QED) is 0.515. The minimum atomic E-state index is -2.91. The van der Waals surface area contributed by atoms with Gasteiger partial charge in [-0.25, -0.2) is 8.78 Å². The maximum absolute atomic E-state index is 12.2. The zero-order valence-electron chi connectivity index (χ0n) is 6.58. The Labute approximate surface area is 90.6 Å². The van der Waals surface area contributed by atoms with Gasteiger partial charge in [-0.05, 0) is 22.6 Å². The highest BCUT2D eigenvalue weighted by molar-refractivity contribution is 14.1. The standard InChI is InChI=1S/C6H4F2IN3O2/c7-6(8)4-3(10)5(12(13)14)2(9)1-11-4/h1,6H,10H2. The van der Waals surface area contributed by atoms with E-state index in [1.54, 1.807) is 22.6 Å². The van der Waals surface area contributed by atoms with Crippen molar-refractivity contribution in [2.24, 2.45) is 0 Å². The zero-order chi connectivity index (χ0) is 10.9. The molecule has 0 aliphatic rings. The van der Waals surface area contributed by atoms with E-state index in [9.17, 15) is 18.9 Å². The first-order valence-electron chi connectivity index (χ1n) is 3.31. The van der Waals surface area contributed by atoms with Crippen molar-refractivity contribution in [1.82, 2.24) is 4.98 Å². The molecule has 0 spiro atoms. The number of rotatable bonds is 2. The summed E-state index contributed by atoms with van der Waals surface area (Å²) in [7, 11) is 0. The summed E-state index contributed by atoms with van der Waals surface area (Å²) in [4.78, 5) is 13.0. The average Bonchev–Trinajstić information content (AvgIpc) is 2.02. The Kier molecular flexibility index (Phi) is 3.13. The summed E-state index contributed by atoms with van der Waals surface area (Å²) in [5.41, 5.74) is 3.35. The van der Waals surface area contributed by atoms with Crippen LogP contribution in [0.4, 0.5) is 20.2 Å². The summed E-state index contributed by atoms with van der Waals surface area (Å²) >= 11 is 1.61. The van der Waals surface area contributed by atoms with E-state index in [4.69, 9.17) is 5.73 Å². The number of alkyl halides is 2. The topological polar surface area (TPSA) is 82.0 Å². The molecule has 0 unspecified atom stereocenters. The summed E-state index contributed by atoms with van der Waals surface area (Å²) < 4.78 is 24.6. The van der Waals surface area contributed by atoms with Crippen molar-refractivity contribution in [1.29, 1.82) is 0 Å². The number of nitrogen functional groups attached to an aromatic ring is 1. The first-order valence-corrected chi connectivity index (χ1v) is 4.39. The van der Waals surface area contributed by atoms with Crippen LogP contribution in [0.2, 0.25) is 0 Å². The fourth-order valence-electron chi connectivity index (χ4n) is 0.866. The molecule has 0 bridgehead atoms. The van der Waals surface area contributed by atoms with Gasteiger partial charge in [-0.15, -0.1) is 0 Å². The van der Waals surface area contributed by atoms with Gasteiger partial charge in [0.15, 0.2) is 0 Å². The zero-order valence-corrected chi connectivity index (χ0v) is 8.73. The molecule has 0 atom stereocenters. The van der Waals surface area contributed by atoms with Gasteiger partial charge < -0.3 is 5.73 Å². The molecule has 0 fully saturated rings. The molecular formula is C6H4F2IN3O2. The van der Waals surface area contributed by atoms with Gasteiger partial charge in [0.25, 0.3) is 6.43 Å². The first-order chi connectivity index (χ1) is 6.45. The van der Waals surface area contributed by atoms with Crippen molar-refractivity contribution in [3.63, 3.8) is 0 Å². The van der Waals surface area contributed by atoms with Crippen LogP contribution >= 0.6 is 22.6 Å². The predicted molar refractivity (Wildman–Crippen MR) is 53.0 cm³/mol. The summed E-state index contributed by atoms with van der Waals surface area (Å²) in [5, 5.41) is 10.5. The number of nitrogens with two attached hydrogens (primary N) is 1. The van der Waals surface area contributed by atoms with Crippen molar-refractivity contribution < 1.29 is 13.7 Å². The average molecular weight is 315 g/mol. The second kappa shape index (κ2) is 3.98. The Hall–Kier alpha value is -1.06. The van der Waals surface area contributed by atoms with E-state index in [-0.39, 0.29) is 3.57 Å². The van der Waals surface area contributed by atoms with Crippen molar-refractivity contribution in [2.75, 3.05) is 5.73 Å². The lowest BCUT2D eigenvalue weighted by Gasteiger charge is -2.04. The van der Waals surface area contributed by atoms with Crippen molar-refractivity contribution >= 4 is 34.0 Å². The first kappa shape index (κ1) is 11.0. The summed E-state index contributed by atoms with van der Waals surface area (Å²) in [6.07, 6.45) is -1.91. The number of pyridine rings is 1. The van der Waals surface area contributed by atoms with Crippen LogP contribution in [0.1, 0.15) is 12.1 Å². The van der Waals surface area contributed by atoms with E-state index >= 15 is 0 Å². The summed E-state index contributed by atoms with van der Waals surface area (Å²) in [6, 6.07) is 0. The van der Waals surface area contributed by atoms with E-state index in [1.165, 1.54) is 0 Å². The molecule has 76 valence electrons. The van der Waals surface area contributed by atoms with Crippen LogP contribution < -0.4 is 5.73 Å². The van der Waals surface area contributed by atoms with Crippen LogP contribution in [0.25, 0.3) is 0 Å². The molecule has 0 aliphatic heterocycles. The fourth-order valence-corrected chi connectivity index (χ4v) is 1.49. The van der Waals surface area contributed by atoms with E-state index in [0.29, 0.717) is 0 Å². The molecule has 5 nitrogen and oxygen atoms in total. The molecular weight excluding hydrogens is 311 g/mol. The van der Waals surface area contributed by atoms with Crippen LogP contribution in [0.15, 0.2) is 6.20 Å². The Bertz CT molecular complexity index is 386. The van der Waals surface area contributed by atoms with Crippen molar-refractivity contribution in [3.8, 4) is 0 Å². The second-order valence-corrected chi connectivity index (χ2v) is 3.47. The number of nitro groups is 1. The monoisotopic (exact) mass is 315 g/mol. The highest BCUT2D eigenvalue weighted by Crippen LogP contribution is 2.33. The lowest BCUT2D eigenvalue weighted by molar-refractivity contribution is -0.385. The molecule has 1 aromatic heterocycles. The van der Waals surface area contributed by atoms with Crippen LogP contribution in [0.3, 0.4) is 0 Å². The fraction of sp³-hybridized carbons (Fsp3) is 0.167. The minimum absolute atomic E-state index is 0.134. The largest absolute Gasteiger partial charge is 0.391 e. The Balaban J connectivity index is 3.41. The number of hydrogen-bond donors (Lipinski definition) is 1. The third kappa shape index (κ3) is 1.89. The SMILES string of the molecule is Nc1c(C(F)F)ncc(I)c1[N+](=O)[O-]. The maximum atomic E-state index is 12.2. The van der Waals surface area contributed by atoms with Crippen LogP contribution in [0.5, 0.6) is 0 Å². The smallest absolute Gasteiger partial charge is 0.308 e. The summed E-state index contributed by atoms with van der Waals surface area (Å²) in [5.74, 6) is 0. The van der Waals surface area contributed by atoms with Gasteiger partial charge in [0.1, 0.15) is 15.0 Å². The molecule has 0 saturated heterocycles. The number of halogens is 3. The predicted octanol–water partition coefficient (Wildman–Crippen LogP) is 2.11. The summed E-state index contributed by atoms with van der Waals surface area (Å²) in [6.45, 7) is 0. The second-order valence-electron chi connectivity index (χ2n) is 2.31. The molecule has 2 N–H and O–H groups in total. The van der Waals surface area contributed by atoms with Gasteiger partial charge in [-0.1, -0.05) is 0 Å². The Morgan fingerprint density at radius 2 is 2.21 bits per heavy atom. The Morgan fingerprint density at radius 1 is 1.64 bits per heavy atom. The molecule has 8 heteroatoms. The van der Waals surface area contributed by atoms with Crippen LogP contribution in [0, 0.1) is 13.7 Å². The van der Waals surface area contributed by atoms with Crippen molar-refractivity contribution in [3.05, 3.63) is 25.6 Å². The third-order valence-electron chi connectivity index (χ3n) is 1.46. The van der Waals surface area contributed by atoms with Gasteiger partial charge >= 0.3 is 5.69 Å². The number of anilines is 1. The molecule has 1 aromatic rings. The molecule has 0 radical (unpaired) electrons. The molecule has 0 saturated carbocycles. The van der Waals surface area contributed by atoms with Crippen LogP contribution in [-0.2, 0) is 0 Å². The number of nitrogens with zero attached hydrogens (tertiary/aromatic N) is 2. The van der Waals surface area contributed by atoms with Gasteiger partial charge in [-0.2, -0.15) is 0 Å². The van der Waals surface area contributed by atoms with Crippen LogP contribution in [-0.4, -0.2) is 9.91 Å². The molecule has 14 heavy (non-hydrogen) atoms. The highest BCUT2D eigenvalue weighted by Gasteiger charge is 2.24. The number of aromatic nitrogens is 1. The van der Waals surface area contributed by atoms with E-state index < -0.39 is 28.4 Å². The van der Waals surface area contributed by atoms with Crippen molar-refractivity contribution in [2.45, 2.75) is 6.43 Å². The molecule has 1 heterocycles. The van der Waals surface area contributed by atoms with Gasteiger partial charge in [0, 0.05) is 6.20 Å². The highest BCUT2D eigenvalue weighted by atomic mass is 127. The molecule has 0 amide bonds. The number of hydrogen-bond acceptors (Lipinski definition) is 4. The molecule has 0 aromatic carbocycles. The van der Waals surface area contributed by atoms with Gasteiger partial charge in [0.2, 0.25) is 0 Å². The third-order valence-corrected chi connectivity index (χ3v) is 2.25. The minimum Gasteiger partial charge on any atom is -0.391 e. The molecule has 1 rings (SSSR count). The Morgan fingerprint density at radius 3 is 2.64 bits per heavy atom. The molecule has 0 aliphatic carbocycles. The van der Waals surface area contributed by atoms with Gasteiger partial charge in [-0.3, -0.25) is 15.1 Å². The lowest BCUT2D eigenvalue weighted by atomic mass is 10.2. The van der Waals surface area contributed by atoms with E-state index in [0.717, 1.165) is 6.20 Å². The lowest BCUT2D eigenvalue weighted by Crippen LogP contribution is -2.05. The maximum Gasteiger partial charge on any atom is 0.308 e.